The van der Waals surface area contributed by atoms with Crippen molar-refractivity contribution in [1.82, 2.24) is 5.32 Å². The van der Waals surface area contributed by atoms with Gasteiger partial charge in [0.25, 0.3) is 0 Å². The van der Waals surface area contributed by atoms with Crippen LogP contribution >= 0.6 is 0 Å². The third kappa shape index (κ3) is 55.4. The summed E-state index contributed by atoms with van der Waals surface area (Å²) in [6.45, 7) is 4.87. The van der Waals surface area contributed by atoms with E-state index in [-0.39, 0.29) is 18.5 Å². The number of esters is 1. The Bertz CT molecular complexity index is 1130. The van der Waals surface area contributed by atoms with Crippen molar-refractivity contribution in [2.75, 3.05) is 13.2 Å². The molecule has 0 aromatic heterocycles. The van der Waals surface area contributed by atoms with E-state index in [1.807, 2.05) is 6.08 Å². The molecular weight excluding hydrogens is 863 g/mol. The molecule has 70 heavy (non-hydrogen) atoms. The highest BCUT2D eigenvalue weighted by Gasteiger charge is 2.18. The topological polar surface area (TPSA) is 95.9 Å². The fraction of sp³-hybridized carbons (Fsp3) is 0.875. The van der Waals surface area contributed by atoms with Gasteiger partial charge in [-0.05, 0) is 64.2 Å². The van der Waals surface area contributed by atoms with E-state index in [1.54, 1.807) is 6.08 Å². The van der Waals surface area contributed by atoms with Crippen molar-refractivity contribution >= 4 is 11.9 Å². The van der Waals surface area contributed by atoms with Crippen molar-refractivity contribution in [1.29, 1.82) is 0 Å². The fourth-order valence-corrected chi connectivity index (χ4v) is 9.61. The molecule has 6 heteroatoms. The zero-order valence-electron chi connectivity index (χ0n) is 47.0. The Morgan fingerprint density at radius 3 is 1.10 bits per heavy atom. The van der Waals surface area contributed by atoms with Crippen molar-refractivity contribution in [3.63, 3.8) is 0 Å². The minimum absolute atomic E-state index is 0.00476. The third-order valence-electron chi connectivity index (χ3n) is 14.4. The standard InChI is InChI=1S/C64H121NO5/c1-3-5-7-9-11-13-14-15-16-32-35-38-42-46-50-54-58-64(69)70-59-55-51-47-43-39-36-33-30-28-26-24-22-20-18-17-19-21-23-25-27-29-31-34-37-41-45-49-53-57-63(68)65-61(60-66)62(67)56-52-48-44-40-12-10-8-6-4-2/h13-14,16,32,52,56,61-62,66-67H,3-12,15,17-31,33-51,53-55,57-60H2,1-2H3,(H,65,68)/b14-13-,32-16-,56-52+. The number of nitrogens with one attached hydrogen (secondary N) is 1. The van der Waals surface area contributed by atoms with E-state index in [2.05, 4.69) is 43.5 Å². The van der Waals surface area contributed by atoms with E-state index in [9.17, 15) is 19.8 Å². The zero-order chi connectivity index (χ0) is 50.7. The molecule has 0 aromatic rings. The highest BCUT2D eigenvalue weighted by Crippen LogP contribution is 2.18. The first-order valence-electron chi connectivity index (χ1n) is 31.3. The average molecular weight is 985 g/mol. The summed E-state index contributed by atoms with van der Waals surface area (Å²) < 4.78 is 5.49. The molecule has 0 aliphatic carbocycles. The lowest BCUT2D eigenvalue weighted by atomic mass is 10.0. The van der Waals surface area contributed by atoms with Crippen LogP contribution in [0.3, 0.4) is 0 Å². The molecule has 0 bridgehead atoms. The van der Waals surface area contributed by atoms with Crippen LogP contribution in [0.5, 0.6) is 0 Å². The third-order valence-corrected chi connectivity index (χ3v) is 14.4. The maximum Gasteiger partial charge on any atom is 0.305 e. The Morgan fingerprint density at radius 2 is 0.714 bits per heavy atom. The van der Waals surface area contributed by atoms with E-state index in [0.717, 1.165) is 51.4 Å². The number of hydrogen-bond donors (Lipinski definition) is 3. The number of carbonyl (C=O) groups is 2. The van der Waals surface area contributed by atoms with Gasteiger partial charge < -0.3 is 20.3 Å². The minimum Gasteiger partial charge on any atom is -0.466 e. The SMILES string of the molecule is CCCCCC/C=C\C/C=C\CCCCCCCC(=O)OCCCCCCCCCCCCCCCCCCCCCCCCCCCCCCC(=O)NC(CO)C(O)/C=C/CCCCCCCCC. The second-order valence-electron chi connectivity index (χ2n) is 21.4. The minimum atomic E-state index is -0.840. The highest BCUT2D eigenvalue weighted by atomic mass is 16.5. The van der Waals surface area contributed by atoms with Crippen LogP contribution in [0, 0.1) is 0 Å². The predicted octanol–water partition coefficient (Wildman–Crippen LogP) is 19.6. The monoisotopic (exact) mass is 984 g/mol. The van der Waals surface area contributed by atoms with Crippen molar-refractivity contribution < 1.29 is 24.5 Å². The van der Waals surface area contributed by atoms with Crippen LogP contribution in [-0.4, -0.2) is 47.4 Å². The van der Waals surface area contributed by atoms with Gasteiger partial charge in [-0.15, -0.1) is 0 Å². The van der Waals surface area contributed by atoms with Crippen LogP contribution in [-0.2, 0) is 14.3 Å². The first-order chi connectivity index (χ1) is 34.5. The predicted molar refractivity (Wildman–Crippen MR) is 306 cm³/mol. The summed E-state index contributed by atoms with van der Waals surface area (Å²) in [5.41, 5.74) is 0. The van der Waals surface area contributed by atoms with Gasteiger partial charge in [-0.3, -0.25) is 9.59 Å². The lowest BCUT2D eigenvalue weighted by molar-refractivity contribution is -0.143. The molecule has 0 rings (SSSR count). The summed E-state index contributed by atoms with van der Waals surface area (Å²) in [7, 11) is 0. The molecule has 0 spiro atoms. The number of aliphatic hydroxyl groups excluding tert-OH is 2. The van der Waals surface area contributed by atoms with E-state index in [4.69, 9.17) is 4.74 Å². The Morgan fingerprint density at radius 1 is 0.400 bits per heavy atom. The Kier molecular flexibility index (Phi) is 58.0. The van der Waals surface area contributed by atoms with Crippen molar-refractivity contribution in [3.05, 3.63) is 36.5 Å². The van der Waals surface area contributed by atoms with Crippen LogP contribution < -0.4 is 5.32 Å². The largest absolute Gasteiger partial charge is 0.466 e. The lowest BCUT2D eigenvalue weighted by Crippen LogP contribution is -2.45. The van der Waals surface area contributed by atoms with Crippen LogP contribution in [0.2, 0.25) is 0 Å². The number of allylic oxidation sites excluding steroid dienone is 5. The van der Waals surface area contributed by atoms with Crippen molar-refractivity contribution in [2.24, 2.45) is 0 Å². The number of ether oxygens (including phenoxy) is 1. The normalized spacial score (nSPS) is 12.8. The quantitative estimate of drug-likeness (QED) is 0.0321. The van der Waals surface area contributed by atoms with Gasteiger partial charge in [0.05, 0.1) is 25.4 Å². The van der Waals surface area contributed by atoms with Crippen LogP contribution in [0.15, 0.2) is 36.5 Å². The first kappa shape index (κ1) is 68.1. The van der Waals surface area contributed by atoms with Gasteiger partial charge in [0.15, 0.2) is 0 Å². The van der Waals surface area contributed by atoms with Crippen LogP contribution in [0.4, 0.5) is 0 Å². The van der Waals surface area contributed by atoms with Crippen LogP contribution in [0.25, 0.3) is 0 Å². The summed E-state index contributed by atoms with van der Waals surface area (Å²) in [5.74, 6) is -0.0623. The maximum absolute atomic E-state index is 12.4. The van der Waals surface area contributed by atoms with Gasteiger partial charge in [-0.25, -0.2) is 0 Å². The molecule has 0 saturated carbocycles. The second kappa shape index (κ2) is 59.6. The summed E-state index contributed by atoms with van der Waals surface area (Å²) in [4.78, 5) is 24.5. The molecule has 0 aromatic carbocycles. The molecule has 3 N–H and O–H groups in total. The summed E-state index contributed by atoms with van der Waals surface area (Å²) in [6.07, 6.45) is 74.9. The molecule has 412 valence electrons. The highest BCUT2D eigenvalue weighted by molar-refractivity contribution is 5.76. The van der Waals surface area contributed by atoms with Gasteiger partial charge in [0.1, 0.15) is 0 Å². The summed E-state index contributed by atoms with van der Waals surface area (Å²) in [5, 5.41) is 23.0. The van der Waals surface area contributed by atoms with Crippen molar-refractivity contribution in [2.45, 2.75) is 347 Å². The van der Waals surface area contributed by atoms with E-state index >= 15 is 0 Å². The Labute approximate surface area is 436 Å². The van der Waals surface area contributed by atoms with Gasteiger partial charge in [-0.2, -0.15) is 0 Å². The number of carbonyl (C=O) groups excluding carboxylic acids is 2. The number of unbranched alkanes of at least 4 members (excludes halogenated alkanes) is 43. The number of amides is 1. The first-order valence-corrected chi connectivity index (χ1v) is 31.3. The molecule has 0 radical (unpaired) electrons. The van der Waals surface area contributed by atoms with Gasteiger partial charge in [0.2, 0.25) is 5.91 Å². The van der Waals surface area contributed by atoms with Gasteiger partial charge in [0, 0.05) is 12.8 Å². The second-order valence-corrected chi connectivity index (χ2v) is 21.4. The van der Waals surface area contributed by atoms with Gasteiger partial charge in [-0.1, -0.05) is 294 Å². The Hall–Kier alpha value is -1.92. The van der Waals surface area contributed by atoms with Gasteiger partial charge >= 0.3 is 5.97 Å². The molecule has 0 fully saturated rings. The maximum atomic E-state index is 12.4. The van der Waals surface area contributed by atoms with E-state index in [0.29, 0.717) is 19.4 Å². The molecule has 0 saturated heterocycles. The number of aliphatic hydroxyl groups is 2. The summed E-state index contributed by atoms with van der Waals surface area (Å²) in [6, 6.07) is -0.623. The number of rotatable bonds is 58. The smallest absolute Gasteiger partial charge is 0.305 e. The average Bonchev–Trinajstić information content (AvgIpc) is 3.36. The molecule has 0 heterocycles. The Balaban J connectivity index is 3.33. The molecule has 6 nitrogen and oxygen atoms in total. The van der Waals surface area contributed by atoms with E-state index in [1.165, 1.54) is 257 Å². The molecule has 2 atom stereocenters. The molecule has 0 aliphatic rings. The summed E-state index contributed by atoms with van der Waals surface area (Å²) >= 11 is 0. The molecule has 0 aliphatic heterocycles. The molecule has 1 amide bonds. The van der Waals surface area contributed by atoms with E-state index < -0.39 is 12.1 Å². The lowest BCUT2D eigenvalue weighted by Gasteiger charge is -2.20. The zero-order valence-corrected chi connectivity index (χ0v) is 47.0. The number of hydrogen-bond acceptors (Lipinski definition) is 5. The molecule has 2 unspecified atom stereocenters. The fourth-order valence-electron chi connectivity index (χ4n) is 9.61. The molecular formula is C64H121NO5. The van der Waals surface area contributed by atoms with Crippen LogP contribution in [0.1, 0.15) is 335 Å². The van der Waals surface area contributed by atoms with Crippen molar-refractivity contribution in [3.8, 4) is 0 Å².